The fraction of sp³-hybridized carbons (Fsp3) is 0.190. The molecular weight excluding hydrogens is 376 g/mol. The van der Waals surface area contributed by atoms with E-state index in [0.29, 0.717) is 16.4 Å². The van der Waals surface area contributed by atoms with Crippen LogP contribution in [0.5, 0.6) is 0 Å². The van der Waals surface area contributed by atoms with Gasteiger partial charge in [0.05, 0.1) is 12.2 Å². The second-order valence-electron chi connectivity index (χ2n) is 6.40. The van der Waals surface area contributed by atoms with Gasteiger partial charge in [0, 0.05) is 23.3 Å². The fourth-order valence-electron chi connectivity index (χ4n) is 2.86. The number of H-pyrrole nitrogens is 1. The molecule has 0 atom stereocenters. The van der Waals surface area contributed by atoms with Crippen LogP contribution in [-0.2, 0) is 11.2 Å². The van der Waals surface area contributed by atoms with E-state index in [1.807, 2.05) is 43.3 Å². The van der Waals surface area contributed by atoms with Crippen LogP contribution >= 0.6 is 11.6 Å². The Hall–Kier alpha value is -3.12. The summed E-state index contributed by atoms with van der Waals surface area (Å²) < 4.78 is 0. The number of carbonyl (C=O) groups excluding carboxylic acids is 2. The first-order valence-electron chi connectivity index (χ1n) is 8.92. The second kappa shape index (κ2) is 8.71. The van der Waals surface area contributed by atoms with E-state index in [1.165, 1.54) is 4.90 Å². The van der Waals surface area contributed by atoms with Crippen LogP contribution in [0.15, 0.2) is 54.6 Å². The number of aromatic amines is 1. The van der Waals surface area contributed by atoms with Crippen LogP contribution in [0.2, 0.25) is 5.02 Å². The average molecular weight is 397 g/mol. The summed E-state index contributed by atoms with van der Waals surface area (Å²) >= 11 is 6.00. The molecule has 7 heteroatoms. The molecule has 3 rings (SSSR count). The number of aryl methyl sites for hydroxylation is 1. The maximum absolute atomic E-state index is 12.6. The highest BCUT2D eigenvalue weighted by Crippen LogP contribution is 2.22. The monoisotopic (exact) mass is 396 g/mol. The lowest BCUT2D eigenvalue weighted by molar-refractivity contribution is -0.116. The minimum Gasteiger partial charge on any atom is -0.331 e. The van der Waals surface area contributed by atoms with Crippen LogP contribution < -0.4 is 5.32 Å². The first-order chi connectivity index (χ1) is 13.5. The molecule has 1 heterocycles. The van der Waals surface area contributed by atoms with E-state index in [2.05, 4.69) is 15.5 Å². The summed E-state index contributed by atoms with van der Waals surface area (Å²) in [4.78, 5) is 26.3. The highest BCUT2D eigenvalue weighted by atomic mass is 35.5. The van der Waals surface area contributed by atoms with E-state index in [9.17, 15) is 9.59 Å². The quantitative estimate of drug-likeness (QED) is 0.661. The topological polar surface area (TPSA) is 78.1 Å². The molecule has 0 bridgehead atoms. The van der Waals surface area contributed by atoms with Gasteiger partial charge < -0.3 is 10.2 Å². The lowest BCUT2D eigenvalue weighted by Crippen LogP contribution is -2.35. The van der Waals surface area contributed by atoms with Crippen LogP contribution in [0.4, 0.5) is 5.69 Å². The van der Waals surface area contributed by atoms with Gasteiger partial charge in [0.25, 0.3) is 5.91 Å². The van der Waals surface area contributed by atoms with E-state index >= 15 is 0 Å². The molecule has 0 saturated heterocycles. The van der Waals surface area contributed by atoms with E-state index in [4.69, 9.17) is 11.6 Å². The smallest absolute Gasteiger partial charge is 0.272 e. The second-order valence-corrected chi connectivity index (χ2v) is 6.83. The first-order valence-corrected chi connectivity index (χ1v) is 9.30. The van der Waals surface area contributed by atoms with Crippen molar-refractivity contribution >= 4 is 29.1 Å². The standard InChI is InChI=1S/C21H21ClN4O2/c1-3-14-7-4-5-10-17(14)23-20(27)13-26(2)21(28)19-12-18(24-25-19)15-8-6-9-16(22)11-15/h4-12H,3,13H2,1-2H3,(H,23,27)(H,24,25). The molecule has 0 saturated carbocycles. The Labute approximate surface area is 168 Å². The zero-order valence-electron chi connectivity index (χ0n) is 15.7. The van der Waals surface area contributed by atoms with Crippen molar-refractivity contribution in [1.29, 1.82) is 0 Å². The molecular formula is C21H21ClN4O2. The number of hydrogen-bond acceptors (Lipinski definition) is 3. The number of rotatable bonds is 6. The molecule has 0 aliphatic rings. The molecule has 2 amide bonds. The molecule has 0 spiro atoms. The summed E-state index contributed by atoms with van der Waals surface area (Å²) in [5.74, 6) is -0.578. The summed E-state index contributed by atoms with van der Waals surface area (Å²) in [6.45, 7) is 1.96. The van der Waals surface area contributed by atoms with Crippen molar-refractivity contribution in [3.8, 4) is 11.3 Å². The maximum atomic E-state index is 12.6. The van der Waals surface area contributed by atoms with E-state index in [-0.39, 0.29) is 18.4 Å². The molecule has 3 aromatic rings. The molecule has 2 N–H and O–H groups in total. The molecule has 28 heavy (non-hydrogen) atoms. The third-order valence-electron chi connectivity index (χ3n) is 4.33. The Morgan fingerprint density at radius 2 is 1.93 bits per heavy atom. The summed E-state index contributed by atoms with van der Waals surface area (Å²) in [6.07, 6.45) is 0.811. The zero-order chi connectivity index (χ0) is 20.1. The molecule has 2 aromatic carbocycles. The van der Waals surface area contributed by atoms with Gasteiger partial charge in [-0.15, -0.1) is 0 Å². The third-order valence-corrected chi connectivity index (χ3v) is 4.56. The van der Waals surface area contributed by atoms with Gasteiger partial charge >= 0.3 is 0 Å². The van der Waals surface area contributed by atoms with Gasteiger partial charge in [-0.2, -0.15) is 5.10 Å². The highest BCUT2D eigenvalue weighted by molar-refractivity contribution is 6.30. The van der Waals surface area contributed by atoms with Gasteiger partial charge in [0.15, 0.2) is 0 Å². The number of nitrogens with zero attached hydrogens (tertiary/aromatic N) is 2. The average Bonchev–Trinajstić information content (AvgIpc) is 3.18. The van der Waals surface area contributed by atoms with Crippen LogP contribution in [0.1, 0.15) is 23.0 Å². The summed E-state index contributed by atoms with van der Waals surface area (Å²) in [6, 6.07) is 16.5. The van der Waals surface area contributed by atoms with E-state index in [1.54, 1.807) is 25.2 Å². The van der Waals surface area contributed by atoms with Gasteiger partial charge in [-0.3, -0.25) is 14.7 Å². The number of carbonyl (C=O) groups is 2. The van der Waals surface area contributed by atoms with E-state index in [0.717, 1.165) is 23.2 Å². The molecule has 6 nitrogen and oxygen atoms in total. The number of aromatic nitrogens is 2. The maximum Gasteiger partial charge on any atom is 0.272 e. The number of nitrogens with one attached hydrogen (secondary N) is 2. The Morgan fingerprint density at radius 3 is 2.68 bits per heavy atom. The highest BCUT2D eigenvalue weighted by Gasteiger charge is 2.18. The van der Waals surface area contributed by atoms with Gasteiger partial charge in [0.2, 0.25) is 5.91 Å². The zero-order valence-corrected chi connectivity index (χ0v) is 16.5. The molecule has 1 aromatic heterocycles. The van der Waals surface area contributed by atoms with Crippen molar-refractivity contribution in [1.82, 2.24) is 15.1 Å². The Balaban J connectivity index is 1.65. The molecule has 0 fully saturated rings. The summed E-state index contributed by atoms with van der Waals surface area (Å²) in [5, 5.41) is 10.4. The van der Waals surface area contributed by atoms with Crippen LogP contribution in [0, 0.1) is 0 Å². The molecule has 0 radical (unpaired) electrons. The number of para-hydroxylation sites is 1. The van der Waals surface area contributed by atoms with Crippen molar-refractivity contribution in [2.45, 2.75) is 13.3 Å². The molecule has 0 aliphatic heterocycles. The predicted octanol–water partition coefficient (Wildman–Crippen LogP) is 4.00. The van der Waals surface area contributed by atoms with Gasteiger partial charge in [0.1, 0.15) is 5.69 Å². The van der Waals surface area contributed by atoms with Crippen molar-refractivity contribution in [3.05, 3.63) is 70.9 Å². The lowest BCUT2D eigenvalue weighted by Gasteiger charge is -2.16. The fourth-order valence-corrected chi connectivity index (χ4v) is 3.05. The third kappa shape index (κ3) is 4.58. The van der Waals surface area contributed by atoms with Gasteiger partial charge in [-0.1, -0.05) is 48.9 Å². The first kappa shape index (κ1) is 19.6. The van der Waals surface area contributed by atoms with Crippen molar-refractivity contribution in [2.75, 3.05) is 18.9 Å². The van der Waals surface area contributed by atoms with Crippen molar-refractivity contribution < 1.29 is 9.59 Å². The predicted molar refractivity (Wildman–Crippen MR) is 110 cm³/mol. The molecule has 0 unspecified atom stereocenters. The van der Waals surface area contributed by atoms with Crippen LogP contribution in [-0.4, -0.2) is 40.5 Å². The van der Waals surface area contributed by atoms with Crippen molar-refractivity contribution in [3.63, 3.8) is 0 Å². The van der Waals surface area contributed by atoms with E-state index < -0.39 is 0 Å². The minimum absolute atomic E-state index is 0.0671. The molecule has 144 valence electrons. The Bertz CT molecular complexity index is 999. The summed E-state index contributed by atoms with van der Waals surface area (Å²) in [5.41, 5.74) is 3.53. The lowest BCUT2D eigenvalue weighted by atomic mass is 10.1. The number of halogens is 1. The number of hydrogen-bond donors (Lipinski definition) is 2. The Kier molecular flexibility index (Phi) is 6.11. The number of anilines is 1. The number of benzene rings is 2. The van der Waals surface area contributed by atoms with Crippen molar-refractivity contribution in [2.24, 2.45) is 0 Å². The van der Waals surface area contributed by atoms with Crippen LogP contribution in [0.25, 0.3) is 11.3 Å². The number of likely N-dealkylation sites (N-methyl/N-ethyl adjacent to an activating group) is 1. The molecule has 0 aliphatic carbocycles. The SMILES string of the molecule is CCc1ccccc1NC(=O)CN(C)C(=O)c1cc(-c2cccc(Cl)c2)n[nH]1. The summed E-state index contributed by atoms with van der Waals surface area (Å²) in [7, 11) is 1.58. The normalized spacial score (nSPS) is 10.5. The largest absolute Gasteiger partial charge is 0.331 e. The van der Waals surface area contributed by atoms with Crippen LogP contribution in [0.3, 0.4) is 0 Å². The number of amides is 2. The van der Waals surface area contributed by atoms with Gasteiger partial charge in [-0.25, -0.2) is 0 Å². The van der Waals surface area contributed by atoms with Gasteiger partial charge in [-0.05, 0) is 36.2 Å². The minimum atomic E-state index is -0.320. The Morgan fingerprint density at radius 1 is 1.14 bits per heavy atom.